The Morgan fingerprint density at radius 1 is 1.21 bits per heavy atom. The predicted molar refractivity (Wildman–Crippen MR) is 74.8 cm³/mol. The first-order chi connectivity index (χ1) is 9.11. The van der Waals surface area contributed by atoms with Gasteiger partial charge < -0.3 is 10.5 Å². The molecule has 0 aromatic heterocycles. The van der Waals surface area contributed by atoms with E-state index < -0.39 is 0 Å². The van der Waals surface area contributed by atoms with Crippen molar-refractivity contribution in [3.05, 3.63) is 63.9 Å². The van der Waals surface area contributed by atoms with Crippen molar-refractivity contribution >= 4 is 11.6 Å². The van der Waals surface area contributed by atoms with E-state index in [1.54, 1.807) is 30.3 Å². The quantitative estimate of drug-likeness (QED) is 0.923. The van der Waals surface area contributed by atoms with Crippen LogP contribution >= 0.6 is 11.6 Å². The molecule has 0 heterocycles. The topological polar surface area (TPSA) is 35.2 Å². The molecule has 0 fully saturated rings. The van der Waals surface area contributed by atoms with Crippen LogP contribution in [0.3, 0.4) is 0 Å². The molecule has 19 heavy (non-hydrogen) atoms. The van der Waals surface area contributed by atoms with Crippen molar-refractivity contribution in [1.29, 1.82) is 0 Å². The van der Waals surface area contributed by atoms with E-state index in [4.69, 9.17) is 22.1 Å². The third-order valence-corrected chi connectivity index (χ3v) is 3.15. The third kappa shape index (κ3) is 3.25. The molecule has 0 aliphatic carbocycles. The number of hydrogen-bond donors (Lipinski definition) is 1. The average molecular weight is 280 g/mol. The minimum absolute atomic E-state index is 0.154. The highest BCUT2D eigenvalue weighted by atomic mass is 35.5. The molecule has 0 saturated heterocycles. The van der Waals surface area contributed by atoms with E-state index in [1.165, 1.54) is 0 Å². The van der Waals surface area contributed by atoms with Crippen molar-refractivity contribution in [2.24, 2.45) is 5.73 Å². The lowest BCUT2D eigenvalue weighted by molar-refractivity contribution is 0.297. The lowest BCUT2D eigenvalue weighted by Crippen LogP contribution is -2.05. The van der Waals surface area contributed by atoms with E-state index in [2.05, 4.69) is 0 Å². The van der Waals surface area contributed by atoms with Gasteiger partial charge in [-0.25, -0.2) is 4.39 Å². The molecule has 100 valence electrons. The molecule has 2 rings (SSSR count). The summed E-state index contributed by atoms with van der Waals surface area (Å²) in [5, 5.41) is 0.594. The van der Waals surface area contributed by atoms with Gasteiger partial charge in [0.1, 0.15) is 18.2 Å². The van der Waals surface area contributed by atoms with Gasteiger partial charge in [0.25, 0.3) is 0 Å². The molecule has 0 spiro atoms. The Balaban J connectivity index is 2.17. The second-order valence-corrected chi connectivity index (χ2v) is 4.73. The van der Waals surface area contributed by atoms with Gasteiger partial charge in [0.2, 0.25) is 0 Å². The number of ether oxygens (including phenoxy) is 1. The molecule has 0 saturated carbocycles. The van der Waals surface area contributed by atoms with Gasteiger partial charge in [0.05, 0.1) is 0 Å². The van der Waals surface area contributed by atoms with Crippen molar-refractivity contribution < 1.29 is 9.13 Å². The summed E-state index contributed by atoms with van der Waals surface area (Å²) in [5.74, 6) is 0.356. The van der Waals surface area contributed by atoms with Gasteiger partial charge in [-0.1, -0.05) is 35.9 Å². The highest BCUT2D eigenvalue weighted by molar-refractivity contribution is 6.30. The molecule has 0 bridgehead atoms. The Bertz CT molecular complexity index is 586. The number of nitrogens with two attached hydrogens (primary N) is 1. The first kappa shape index (κ1) is 13.8. The first-order valence-electron chi connectivity index (χ1n) is 5.97. The SMILES string of the molecule is Cc1ccc(Cl)cc1OCc1cccc(CN)c1F. The van der Waals surface area contributed by atoms with Crippen LogP contribution in [0.25, 0.3) is 0 Å². The fourth-order valence-electron chi connectivity index (χ4n) is 1.79. The zero-order valence-electron chi connectivity index (χ0n) is 10.6. The van der Waals surface area contributed by atoms with E-state index in [-0.39, 0.29) is 19.0 Å². The summed E-state index contributed by atoms with van der Waals surface area (Å²) in [4.78, 5) is 0. The first-order valence-corrected chi connectivity index (χ1v) is 6.35. The van der Waals surface area contributed by atoms with Crippen molar-refractivity contribution in [2.75, 3.05) is 0 Å². The molecule has 4 heteroatoms. The number of benzene rings is 2. The zero-order valence-corrected chi connectivity index (χ0v) is 11.4. The largest absolute Gasteiger partial charge is 0.488 e. The van der Waals surface area contributed by atoms with Gasteiger partial charge in [0, 0.05) is 22.7 Å². The molecule has 0 radical (unpaired) electrons. The summed E-state index contributed by atoms with van der Waals surface area (Å²) in [6.07, 6.45) is 0. The Hall–Kier alpha value is -1.58. The molecule has 2 aromatic carbocycles. The number of aryl methyl sites for hydroxylation is 1. The summed E-state index contributed by atoms with van der Waals surface area (Å²) in [6, 6.07) is 10.5. The summed E-state index contributed by atoms with van der Waals surface area (Å²) in [7, 11) is 0. The summed E-state index contributed by atoms with van der Waals surface area (Å²) < 4.78 is 19.6. The molecule has 0 amide bonds. The van der Waals surface area contributed by atoms with E-state index in [1.807, 2.05) is 13.0 Å². The van der Waals surface area contributed by atoms with Crippen molar-refractivity contribution in [3.8, 4) is 5.75 Å². The maximum atomic E-state index is 14.0. The lowest BCUT2D eigenvalue weighted by Gasteiger charge is -2.11. The van der Waals surface area contributed by atoms with Crippen LogP contribution in [-0.4, -0.2) is 0 Å². The molecule has 2 nitrogen and oxygen atoms in total. The molecule has 0 unspecified atom stereocenters. The highest BCUT2D eigenvalue weighted by Gasteiger charge is 2.08. The molecule has 2 N–H and O–H groups in total. The number of rotatable bonds is 4. The molecule has 0 atom stereocenters. The molecule has 0 aliphatic heterocycles. The molecular formula is C15H15ClFNO. The van der Waals surface area contributed by atoms with Gasteiger partial charge in [-0.05, 0) is 24.6 Å². The summed E-state index contributed by atoms with van der Waals surface area (Å²) >= 11 is 5.91. The lowest BCUT2D eigenvalue weighted by atomic mass is 10.1. The summed E-state index contributed by atoms with van der Waals surface area (Å²) in [6.45, 7) is 2.25. The second kappa shape index (κ2) is 6.04. The second-order valence-electron chi connectivity index (χ2n) is 4.29. The molecule has 2 aromatic rings. The number of hydrogen-bond acceptors (Lipinski definition) is 2. The fourth-order valence-corrected chi connectivity index (χ4v) is 1.95. The summed E-state index contributed by atoms with van der Waals surface area (Å²) in [5.41, 5.74) is 7.41. The molecular weight excluding hydrogens is 265 g/mol. The Labute approximate surface area is 117 Å². The smallest absolute Gasteiger partial charge is 0.134 e. The third-order valence-electron chi connectivity index (χ3n) is 2.91. The van der Waals surface area contributed by atoms with E-state index in [0.717, 1.165) is 5.56 Å². The van der Waals surface area contributed by atoms with Gasteiger partial charge in [-0.2, -0.15) is 0 Å². The minimum Gasteiger partial charge on any atom is -0.488 e. The van der Waals surface area contributed by atoms with Crippen LogP contribution in [0.2, 0.25) is 5.02 Å². The zero-order chi connectivity index (χ0) is 13.8. The van der Waals surface area contributed by atoms with Crippen LogP contribution in [0.5, 0.6) is 5.75 Å². The fraction of sp³-hybridized carbons (Fsp3) is 0.200. The van der Waals surface area contributed by atoms with Crippen LogP contribution in [0.4, 0.5) is 4.39 Å². The minimum atomic E-state index is -0.301. The maximum absolute atomic E-state index is 14.0. The van der Waals surface area contributed by atoms with Gasteiger partial charge >= 0.3 is 0 Å². The van der Waals surface area contributed by atoms with Gasteiger partial charge in [-0.15, -0.1) is 0 Å². The Morgan fingerprint density at radius 3 is 2.68 bits per heavy atom. The van der Waals surface area contributed by atoms with Crippen LogP contribution in [-0.2, 0) is 13.2 Å². The van der Waals surface area contributed by atoms with Crippen LogP contribution in [0.1, 0.15) is 16.7 Å². The van der Waals surface area contributed by atoms with Crippen molar-refractivity contribution in [2.45, 2.75) is 20.1 Å². The van der Waals surface area contributed by atoms with Gasteiger partial charge in [-0.3, -0.25) is 0 Å². The van der Waals surface area contributed by atoms with Crippen molar-refractivity contribution in [3.63, 3.8) is 0 Å². The monoisotopic (exact) mass is 279 g/mol. The van der Waals surface area contributed by atoms with Crippen LogP contribution in [0.15, 0.2) is 36.4 Å². The Morgan fingerprint density at radius 2 is 1.95 bits per heavy atom. The van der Waals surface area contributed by atoms with E-state index in [0.29, 0.717) is 21.9 Å². The highest BCUT2D eigenvalue weighted by Crippen LogP contribution is 2.24. The average Bonchev–Trinajstić information content (AvgIpc) is 2.41. The normalized spacial score (nSPS) is 10.5. The van der Waals surface area contributed by atoms with Crippen molar-refractivity contribution in [1.82, 2.24) is 0 Å². The van der Waals surface area contributed by atoms with Gasteiger partial charge in [0.15, 0.2) is 0 Å². The maximum Gasteiger partial charge on any atom is 0.134 e. The van der Waals surface area contributed by atoms with E-state index >= 15 is 0 Å². The predicted octanol–water partition coefficient (Wildman–Crippen LogP) is 3.83. The van der Waals surface area contributed by atoms with Crippen LogP contribution < -0.4 is 10.5 Å². The molecule has 0 aliphatic rings. The number of halogens is 2. The van der Waals surface area contributed by atoms with E-state index in [9.17, 15) is 4.39 Å². The van der Waals surface area contributed by atoms with Crippen LogP contribution in [0, 0.1) is 12.7 Å². The standard InChI is InChI=1S/C15H15ClFNO/c1-10-5-6-13(16)7-14(10)19-9-12-4-2-3-11(8-18)15(12)17/h2-7H,8-9,18H2,1H3. The Kier molecular flexibility index (Phi) is 4.40.